The van der Waals surface area contributed by atoms with Crippen LogP contribution in [0.3, 0.4) is 0 Å². The Morgan fingerprint density at radius 3 is 2.68 bits per heavy atom. The first kappa shape index (κ1) is 19.5. The number of rotatable bonds is 4. The number of piperidine rings is 1. The van der Waals surface area contributed by atoms with E-state index in [1.165, 1.54) is 0 Å². The lowest BCUT2D eigenvalue weighted by Crippen LogP contribution is -2.46. The summed E-state index contributed by atoms with van der Waals surface area (Å²) in [5.41, 5.74) is -0.875. The van der Waals surface area contributed by atoms with Crippen molar-refractivity contribution in [3.05, 3.63) is 16.1 Å². The average Bonchev–Trinajstić information content (AvgIpc) is 3.05. The summed E-state index contributed by atoms with van der Waals surface area (Å²) in [6.45, 7) is 3.59. The molecule has 2 rings (SSSR count). The van der Waals surface area contributed by atoms with Crippen molar-refractivity contribution in [1.82, 2.24) is 15.2 Å². The van der Waals surface area contributed by atoms with Gasteiger partial charge in [-0.05, 0) is 19.8 Å². The molecule has 1 aliphatic heterocycles. The molecule has 140 valence electrons. The first-order chi connectivity index (χ1) is 11.8. The molecule has 2 heterocycles. The molecule has 1 fully saturated rings. The van der Waals surface area contributed by atoms with Crippen LogP contribution in [0.1, 0.15) is 30.5 Å². The number of aromatic nitrogens is 1. The molecular formula is C15H21F3N4O2S. The highest BCUT2D eigenvalue weighted by molar-refractivity contribution is 7.09. The normalized spacial score (nSPS) is 16.8. The molecule has 0 aliphatic carbocycles. The Hall–Kier alpha value is -1.84. The summed E-state index contributed by atoms with van der Waals surface area (Å²) in [4.78, 5) is 21.5. The van der Waals surface area contributed by atoms with E-state index in [9.17, 15) is 18.0 Å². The Balaban J connectivity index is 1.85. The highest BCUT2D eigenvalue weighted by Gasteiger charge is 2.33. The van der Waals surface area contributed by atoms with Gasteiger partial charge in [-0.3, -0.25) is 9.79 Å². The Bertz CT molecular complexity index is 610. The van der Waals surface area contributed by atoms with Gasteiger partial charge in [-0.1, -0.05) is 0 Å². The van der Waals surface area contributed by atoms with Crippen LogP contribution >= 0.6 is 11.3 Å². The number of hydrogen-bond acceptors (Lipinski definition) is 5. The van der Waals surface area contributed by atoms with Crippen molar-refractivity contribution in [2.24, 2.45) is 10.9 Å². The molecule has 0 saturated carbocycles. The largest absolute Gasteiger partial charge is 0.466 e. The number of nitrogens with one attached hydrogen (secondary N) is 1. The lowest BCUT2D eigenvalue weighted by atomic mass is 9.97. The molecule has 0 spiro atoms. The summed E-state index contributed by atoms with van der Waals surface area (Å²) in [6, 6.07) is 0. The molecule has 0 atom stereocenters. The summed E-state index contributed by atoms with van der Waals surface area (Å²) in [7, 11) is 1.61. The number of carbonyl (C=O) groups excluding carboxylic acids is 1. The molecule has 0 radical (unpaired) electrons. The molecule has 0 amide bonds. The SMILES string of the molecule is CCOC(=O)C1CCN(C(=NC)NCc2nc(C(F)(F)F)cs2)CC1. The van der Waals surface area contributed by atoms with Crippen LogP contribution in [0.2, 0.25) is 0 Å². The number of guanidine groups is 1. The summed E-state index contributed by atoms with van der Waals surface area (Å²) < 4.78 is 42.7. The lowest BCUT2D eigenvalue weighted by Gasteiger charge is -2.33. The number of nitrogens with zero attached hydrogens (tertiary/aromatic N) is 3. The molecule has 1 aromatic heterocycles. The second-order valence-corrected chi connectivity index (χ2v) is 6.48. The third-order valence-corrected chi connectivity index (χ3v) is 4.71. The van der Waals surface area contributed by atoms with Gasteiger partial charge >= 0.3 is 12.1 Å². The maximum atomic E-state index is 12.6. The summed E-state index contributed by atoms with van der Waals surface area (Å²) >= 11 is 0.957. The van der Waals surface area contributed by atoms with E-state index in [1.54, 1.807) is 14.0 Å². The average molecular weight is 378 g/mol. The van der Waals surface area contributed by atoms with Gasteiger partial charge in [0.2, 0.25) is 0 Å². The molecule has 1 aromatic rings. The zero-order chi connectivity index (χ0) is 18.4. The quantitative estimate of drug-likeness (QED) is 0.495. The smallest absolute Gasteiger partial charge is 0.434 e. The van der Waals surface area contributed by atoms with Crippen molar-refractivity contribution in [2.45, 2.75) is 32.5 Å². The van der Waals surface area contributed by atoms with Gasteiger partial charge in [0.25, 0.3) is 0 Å². The molecule has 10 heteroatoms. The number of likely N-dealkylation sites (tertiary alicyclic amines) is 1. The van der Waals surface area contributed by atoms with Crippen LogP contribution in [-0.2, 0) is 22.3 Å². The highest BCUT2D eigenvalue weighted by atomic mass is 32.1. The standard InChI is InChI=1S/C15H21F3N4O2S/c1-3-24-13(23)10-4-6-22(7-5-10)14(19-2)20-8-12-21-11(9-25-12)15(16,17)18/h9-10H,3-8H2,1-2H3,(H,19,20). The molecule has 0 unspecified atom stereocenters. The van der Waals surface area contributed by atoms with Gasteiger partial charge < -0.3 is 15.0 Å². The van der Waals surface area contributed by atoms with Crippen molar-refractivity contribution < 1.29 is 22.7 Å². The first-order valence-corrected chi connectivity index (χ1v) is 8.87. The molecule has 1 N–H and O–H groups in total. The number of hydrogen-bond donors (Lipinski definition) is 1. The number of aliphatic imine (C=N–C) groups is 1. The Labute approximate surface area is 148 Å². The number of halogens is 3. The van der Waals surface area contributed by atoms with E-state index in [4.69, 9.17) is 4.74 Å². The number of ether oxygens (including phenoxy) is 1. The van der Waals surface area contributed by atoms with E-state index in [0.29, 0.717) is 43.5 Å². The molecule has 6 nitrogen and oxygen atoms in total. The van der Waals surface area contributed by atoms with E-state index in [0.717, 1.165) is 16.7 Å². The molecule has 1 saturated heterocycles. The lowest BCUT2D eigenvalue weighted by molar-refractivity contribution is -0.149. The molecule has 0 aromatic carbocycles. The zero-order valence-corrected chi connectivity index (χ0v) is 14.9. The topological polar surface area (TPSA) is 66.8 Å². The van der Waals surface area contributed by atoms with Crippen LogP contribution < -0.4 is 5.32 Å². The summed E-state index contributed by atoms with van der Waals surface area (Å²) in [5, 5.41) is 4.38. The van der Waals surface area contributed by atoms with Crippen LogP contribution in [0.25, 0.3) is 0 Å². The van der Waals surface area contributed by atoms with Crippen molar-refractivity contribution in [3.63, 3.8) is 0 Å². The maximum absolute atomic E-state index is 12.6. The number of carbonyl (C=O) groups is 1. The van der Waals surface area contributed by atoms with Crippen LogP contribution in [0.5, 0.6) is 0 Å². The number of alkyl halides is 3. The molecule has 25 heavy (non-hydrogen) atoms. The van der Waals surface area contributed by atoms with E-state index in [2.05, 4.69) is 15.3 Å². The fourth-order valence-electron chi connectivity index (χ4n) is 2.60. The van der Waals surface area contributed by atoms with E-state index in [-0.39, 0.29) is 18.4 Å². The van der Waals surface area contributed by atoms with Crippen LogP contribution in [0.4, 0.5) is 13.2 Å². The van der Waals surface area contributed by atoms with Crippen LogP contribution in [-0.4, -0.2) is 48.6 Å². The third-order valence-electron chi connectivity index (χ3n) is 3.87. The highest BCUT2D eigenvalue weighted by Crippen LogP contribution is 2.30. The van der Waals surface area contributed by atoms with Crippen molar-refractivity contribution in [2.75, 3.05) is 26.7 Å². The monoisotopic (exact) mass is 378 g/mol. The predicted molar refractivity (Wildman–Crippen MR) is 88.2 cm³/mol. The van der Waals surface area contributed by atoms with E-state index >= 15 is 0 Å². The van der Waals surface area contributed by atoms with Crippen molar-refractivity contribution >= 4 is 23.3 Å². The Morgan fingerprint density at radius 2 is 2.16 bits per heavy atom. The summed E-state index contributed by atoms with van der Waals surface area (Å²) in [5.74, 6) is 0.307. The number of thiazole rings is 1. The fraction of sp³-hybridized carbons (Fsp3) is 0.667. The van der Waals surface area contributed by atoms with Crippen molar-refractivity contribution in [1.29, 1.82) is 0 Å². The fourth-order valence-corrected chi connectivity index (χ4v) is 3.34. The van der Waals surface area contributed by atoms with E-state index < -0.39 is 11.9 Å². The van der Waals surface area contributed by atoms with Gasteiger partial charge in [0.1, 0.15) is 5.01 Å². The maximum Gasteiger partial charge on any atom is 0.434 e. The van der Waals surface area contributed by atoms with Gasteiger partial charge in [-0.25, -0.2) is 4.98 Å². The zero-order valence-electron chi connectivity index (χ0n) is 14.1. The van der Waals surface area contributed by atoms with Gasteiger partial charge in [0.15, 0.2) is 11.7 Å². The minimum absolute atomic E-state index is 0.109. The molecule has 0 bridgehead atoms. The molecular weight excluding hydrogens is 357 g/mol. The van der Waals surface area contributed by atoms with Crippen molar-refractivity contribution in [3.8, 4) is 0 Å². The minimum Gasteiger partial charge on any atom is -0.466 e. The Kier molecular flexibility index (Phi) is 6.63. The molecule has 1 aliphatic rings. The van der Waals surface area contributed by atoms with Crippen LogP contribution in [0.15, 0.2) is 10.4 Å². The van der Waals surface area contributed by atoms with Gasteiger partial charge in [0, 0.05) is 25.5 Å². The third kappa shape index (κ3) is 5.32. The van der Waals surface area contributed by atoms with Gasteiger partial charge in [0.05, 0.1) is 19.1 Å². The summed E-state index contributed by atoms with van der Waals surface area (Å²) in [6.07, 6.45) is -3.10. The second kappa shape index (κ2) is 8.50. The van der Waals surface area contributed by atoms with Gasteiger partial charge in [-0.2, -0.15) is 13.2 Å². The van der Waals surface area contributed by atoms with E-state index in [1.807, 2.05) is 4.90 Å². The van der Waals surface area contributed by atoms with Gasteiger partial charge in [-0.15, -0.1) is 11.3 Å². The first-order valence-electron chi connectivity index (χ1n) is 7.99. The Morgan fingerprint density at radius 1 is 1.48 bits per heavy atom. The second-order valence-electron chi connectivity index (χ2n) is 5.54. The predicted octanol–water partition coefficient (Wildman–Crippen LogP) is 2.51. The van der Waals surface area contributed by atoms with Crippen LogP contribution in [0, 0.1) is 5.92 Å². The number of esters is 1. The minimum atomic E-state index is -4.43.